The summed E-state index contributed by atoms with van der Waals surface area (Å²) in [5, 5.41) is -0.272. The van der Waals surface area contributed by atoms with Crippen LogP contribution in [-0.4, -0.2) is 49.7 Å². The van der Waals surface area contributed by atoms with Gasteiger partial charge in [-0.1, -0.05) is 17.7 Å². The highest BCUT2D eigenvalue weighted by Crippen LogP contribution is 2.23. The topological polar surface area (TPSA) is 57.7 Å². The van der Waals surface area contributed by atoms with Crippen molar-refractivity contribution in [2.75, 3.05) is 26.2 Å². The van der Waals surface area contributed by atoms with Gasteiger partial charge in [0.15, 0.2) is 0 Å². The Kier molecular flexibility index (Phi) is 5.27. The molecule has 1 aliphatic rings. The van der Waals surface area contributed by atoms with Crippen molar-refractivity contribution in [1.82, 2.24) is 9.21 Å². The van der Waals surface area contributed by atoms with E-state index in [0.717, 1.165) is 24.3 Å². The van der Waals surface area contributed by atoms with Gasteiger partial charge in [0.2, 0.25) is 10.0 Å². The fraction of sp³-hybridized carbons (Fsp3) is 0.235. The van der Waals surface area contributed by atoms with E-state index < -0.39 is 21.7 Å². The number of nitrogens with zero attached hydrogens (tertiary/aromatic N) is 2. The summed E-state index contributed by atoms with van der Waals surface area (Å²) < 4.78 is 53.0. The van der Waals surface area contributed by atoms with Crippen molar-refractivity contribution in [3.05, 3.63) is 64.7 Å². The average Bonchev–Trinajstić information content (AvgIpc) is 2.63. The Morgan fingerprint density at radius 3 is 2.31 bits per heavy atom. The van der Waals surface area contributed by atoms with Crippen LogP contribution in [0.3, 0.4) is 0 Å². The van der Waals surface area contributed by atoms with Crippen LogP contribution in [0.15, 0.2) is 47.4 Å². The maximum absolute atomic E-state index is 13.3. The summed E-state index contributed by atoms with van der Waals surface area (Å²) in [6, 6.07) is 8.56. The molecule has 0 saturated carbocycles. The van der Waals surface area contributed by atoms with E-state index in [1.54, 1.807) is 0 Å². The van der Waals surface area contributed by atoms with Gasteiger partial charge in [0, 0.05) is 31.7 Å². The lowest BCUT2D eigenvalue weighted by Gasteiger charge is -2.34. The number of carbonyl (C=O) groups excluding carboxylic acids is 1. The second-order valence-electron chi connectivity index (χ2n) is 5.78. The molecule has 5 nitrogen and oxygen atoms in total. The van der Waals surface area contributed by atoms with E-state index >= 15 is 0 Å². The zero-order valence-electron chi connectivity index (χ0n) is 13.5. The van der Waals surface area contributed by atoms with Crippen molar-refractivity contribution in [3.8, 4) is 0 Å². The van der Waals surface area contributed by atoms with Crippen LogP contribution in [0.5, 0.6) is 0 Å². The van der Waals surface area contributed by atoms with Gasteiger partial charge in [-0.15, -0.1) is 0 Å². The quantitative estimate of drug-likeness (QED) is 0.796. The van der Waals surface area contributed by atoms with Gasteiger partial charge in [0.05, 0.1) is 9.92 Å². The van der Waals surface area contributed by atoms with Crippen molar-refractivity contribution in [2.24, 2.45) is 0 Å². The number of carbonyl (C=O) groups is 1. The van der Waals surface area contributed by atoms with E-state index in [4.69, 9.17) is 11.6 Å². The summed E-state index contributed by atoms with van der Waals surface area (Å²) in [6.07, 6.45) is 0. The first-order valence-electron chi connectivity index (χ1n) is 7.79. The van der Waals surface area contributed by atoms with Crippen molar-refractivity contribution < 1.29 is 22.0 Å². The largest absolute Gasteiger partial charge is 0.336 e. The van der Waals surface area contributed by atoms with Gasteiger partial charge in [0.25, 0.3) is 5.91 Å². The van der Waals surface area contributed by atoms with Crippen LogP contribution >= 0.6 is 11.6 Å². The van der Waals surface area contributed by atoms with Crippen LogP contribution in [0, 0.1) is 11.6 Å². The summed E-state index contributed by atoms with van der Waals surface area (Å²) in [4.78, 5) is 13.8. The smallest absolute Gasteiger partial charge is 0.254 e. The molecule has 0 bridgehead atoms. The third kappa shape index (κ3) is 3.72. The van der Waals surface area contributed by atoms with Crippen molar-refractivity contribution in [2.45, 2.75) is 4.90 Å². The Balaban J connectivity index is 1.71. The minimum Gasteiger partial charge on any atom is -0.336 e. The van der Waals surface area contributed by atoms with Gasteiger partial charge in [-0.3, -0.25) is 4.79 Å². The number of halogens is 3. The molecule has 26 heavy (non-hydrogen) atoms. The molecule has 0 aromatic heterocycles. The molecule has 2 aromatic rings. The van der Waals surface area contributed by atoms with E-state index in [2.05, 4.69) is 0 Å². The second-order valence-corrected chi connectivity index (χ2v) is 8.13. The normalized spacial score (nSPS) is 15.9. The molecule has 3 rings (SSSR count). The fourth-order valence-electron chi connectivity index (χ4n) is 2.72. The summed E-state index contributed by atoms with van der Waals surface area (Å²) >= 11 is 5.66. The molecule has 2 aromatic carbocycles. The Labute approximate surface area is 154 Å². The van der Waals surface area contributed by atoms with E-state index in [-0.39, 0.29) is 47.6 Å². The average molecular weight is 401 g/mol. The zero-order valence-corrected chi connectivity index (χ0v) is 15.1. The van der Waals surface area contributed by atoms with Gasteiger partial charge in [0.1, 0.15) is 11.6 Å². The Bertz CT molecular complexity index is 945. The van der Waals surface area contributed by atoms with Gasteiger partial charge < -0.3 is 4.90 Å². The number of rotatable bonds is 3. The number of hydrogen-bond donors (Lipinski definition) is 0. The molecule has 138 valence electrons. The summed E-state index contributed by atoms with van der Waals surface area (Å²) in [7, 11) is -3.84. The molecule has 1 aliphatic heterocycles. The predicted octanol–water partition coefficient (Wildman–Crippen LogP) is 2.76. The monoisotopic (exact) mass is 400 g/mol. The van der Waals surface area contributed by atoms with Crippen LogP contribution in [0.2, 0.25) is 5.02 Å². The number of piperazine rings is 1. The predicted molar refractivity (Wildman–Crippen MR) is 92.5 cm³/mol. The standard InChI is InChI=1S/C17H15ClF2N2O3S/c18-15-11-14(4-5-16(15)20)26(24,25)22-8-6-21(7-9-22)17(23)12-2-1-3-13(19)10-12/h1-5,10-11H,6-9H2. The van der Waals surface area contributed by atoms with E-state index in [1.807, 2.05) is 0 Å². The van der Waals surface area contributed by atoms with Gasteiger partial charge in [-0.25, -0.2) is 17.2 Å². The SMILES string of the molecule is O=C(c1cccc(F)c1)N1CCN(S(=O)(=O)c2ccc(F)c(Cl)c2)CC1. The first-order chi connectivity index (χ1) is 12.3. The molecule has 0 atom stereocenters. The summed E-state index contributed by atoms with van der Waals surface area (Å²) in [6.45, 7) is 0.504. The van der Waals surface area contributed by atoms with Crippen LogP contribution < -0.4 is 0 Å². The minimum atomic E-state index is -3.84. The molecule has 1 fully saturated rings. The maximum Gasteiger partial charge on any atom is 0.254 e. The molecule has 0 radical (unpaired) electrons. The van der Waals surface area contributed by atoms with Crippen molar-refractivity contribution >= 4 is 27.5 Å². The van der Waals surface area contributed by atoms with E-state index in [0.29, 0.717) is 0 Å². The number of sulfonamides is 1. The summed E-state index contributed by atoms with van der Waals surface area (Å²) in [5.74, 6) is -1.56. The van der Waals surface area contributed by atoms with Crippen LogP contribution in [0.4, 0.5) is 8.78 Å². The fourth-order valence-corrected chi connectivity index (χ4v) is 4.42. The lowest BCUT2D eigenvalue weighted by molar-refractivity contribution is 0.0697. The third-order valence-corrected chi connectivity index (χ3v) is 6.31. The summed E-state index contributed by atoms with van der Waals surface area (Å²) in [5.41, 5.74) is 0.214. The van der Waals surface area contributed by atoms with Crippen molar-refractivity contribution in [1.29, 1.82) is 0 Å². The molecule has 0 aliphatic carbocycles. The highest BCUT2D eigenvalue weighted by Gasteiger charge is 2.30. The van der Waals surface area contributed by atoms with Crippen molar-refractivity contribution in [3.63, 3.8) is 0 Å². The van der Waals surface area contributed by atoms with Crippen LogP contribution in [0.25, 0.3) is 0 Å². The highest BCUT2D eigenvalue weighted by atomic mass is 35.5. The van der Waals surface area contributed by atoms with Gasteiger partial charge in [-0.05, 0) is 36.4 Å². The van der Waals surface area contributed by atoms with Crippen LogP contribution in [0.1, 0.15) is 10.4 Å². The molecule has 1 heterocycles. The molecular weight excluding hydrogens is 386 g/mol. The minimum absolute atomic E-state index is 0.0817. The highest BCUT2D eigenvalue weighted by molar-refractivity contribution is 7.89. The second kappa shape index (κ2) is 7.30. The molecular formula is C17H15ClF2N2O3S. The van der Waals surface area contributed by atoms with Crippen LogP contribution in [-0.2, 0) is 10.0 Å². The molecule has 0 spiro atoms. The molecule has 9 heteroatoms. The van der Waals surface area contributed by atoms with E-state index in [9.17, 15) is 22.0 Å². The van der Waals surface area contributed by atoms with E-state index in [1.165, 1.54) is 27.4 Å². The number of benzene rings is 2. The molecule has 0 N–H and O–H groups in total. The number of hydrogen-bond acceptors (Lipinski definition) is 3. The molecule has 1 amide bonds. The van der Waals surface area contributed by atoms with Gasteiger partial charge >= 0.3 is 0 Å². The Morgan fingerprint density at radius 1 is 1.00 bits per heavy atom. The lowest BCUT2D eigenvalue weighted by atomic mass is 10.2. The first kappa shape index (κ1) is 18.8. The number of amides is 1. The zero-order chi connectivity index (χ0) is 18.9. The Hall–Kier alpha value is -2.03. The lowest BCUT2D eigenvalue weighted by Crippen LogP contribution is -2.50. The maximum atomic E-state index is 13.3. The molecule has 0 unspecified atom stereocenters. The Morgan fingerprint density at radius 2 is 1.69 bits per heavy atom. The molecule has 1 saturated heterocycles. The van der Waals surface area contributed by atoms with Gasteiger partial charge in [-0.2, -0.15) is 4.31 Å². The first-order valence-corrected chi connectivity index (χ1v) is 9.61. The third-order valence-electron chi connectivity index (χ3n) is 4.13.